The molecule has 2 aromatic carbocycles. The minimum Gasteiger partial charge on any atom is -0.482 e. The van der Waals surface area contributed by atoms with Crippen LogP contribution in [-0.4, -0.2) is 17.7 Å². The van der Waals surface area contributed by atoms with Crippen molar-refractivity contribution in [2.45, 2.75) is 0 Å². The summed E-state index contributed by atoms with van der Waals surface area (Å²) in [6.45, 7) is -0.340. The lowest BCUT2D eigenvalue weighted by Crippen LogP contribution is -2.09. The topological polar surface area (TPSA) is 72.5 Å². The van der Waals surface area contributed by atoms with Crippen LogP contribution in [0.5, 0.6) is 5.75 Å². The Hall–Kier alpha value is -2.49. The Morgan fingerprint density at radius 3 is 2.39 bits per heavy atom. The van der Waals surface area contributed by atoms with E-state index >= 15 is 0 Å². The predicted octanol–water partition coefficient (Wildman–Crippen LogP) is 2.40. The van der Waals surface area contributed by atoms with Gasteiger partial charge in [-0.25, -0.2) is 4.79 Å². The molecule has 0 aliphatic carbocycles. The summed E-state index contributed by atoms with van der Waals surface area (Å²) < 4.78 is 5.06. The average molecular weight is 243 g/mol. The van der Waals surface area contributed by atoms with Crippen molar-refractivity contribution in [1.82, 2.24) is 0 Å². The van der Waals surface area contributed by atoms with Crippen LogP contribution < -0.4 is 10.5 Å². The Morgan fingerprint density at radius 2 is 1.78 bits per heavy atom. The van der Waals surface area contributed by atoms with Gasteiger partial charge in [-0.2, -0.15) is 0 Å². The molecule has 18 heavy (non-hydrogen) atoms. The van der Waals surface area contributed by atoms with Crippen molar-refractivity contribution in [1.29, 1.82) is 0 Å². The zero-order valence-electron chi connectivity index (χ0n) is 9.67. The van der Waals surface area contributed by atoms with Crippen LogP contribution in [-0.2, 0) is 4.79 Å². The summed E-state index contributed by atoms with van der Waals surface area (Å²) in [5.41, 5.74) is 8.50. The summed E-state index contributed by atoms with van der Waals surface area (Å²) >= 11 is 0. The molecule has 0 aliphatic heterocycles. The quantitative estimate of drug-likeness (QED) is 0.809. The van der Waals surface area contributed by atoms with Crippen molar-refractivity contribution in [3.05, 3.63) is 48.5 Å². The normalized spacial score (nSPS) is 10.0. The van der Waals surface area contributed by atoms with Gasteiger partial charge in [-0.15, -0.1) is 0 Å². The second-order valence-corrected chi connectivity index (χ2v) is 3.79. The van der Waals surface area contributed by atoms with Crippen LogP contribution in [0.4, 0.5) is 5.69 Å². The highest BCUT2D eigenvalue weighted by Crippen LogP contribution is 2.26. The zero-order chi connectivity index (χ0) is 13.0. The molecular weight excluding hydrogens is 230 g/mol. The summed E-state index contributed by atoms with van der Waals surface area (Å²) in [5, 5.41) is 8.50. The van der Waals surface area contributed by atoms with Gasteiger partial charge in [-0.3, -0.25) is 0 Å². The molecule has 0 aromatic heterocycles. The van der Waals surface area contributed by atoms with Gasteiger partial charge >= 0.3 is 5.97 Å². The first-order valence-electron chi connectivity index (χ1n) is 5.46. The molecule has 92 valence electrons. The van der Waals surface area contributed by atoms with Gasteiger partial charge in [0.25, 0.3) is 0 Å². The first kappa shape index (κ1) is 12.0. The monoisotopic (exact) mass is 243 g/mol. The Balaban J connectivity index is 2.17. The minimum atomic E-state index is -0.994. The molecule has 0 unspecified atom stereocenters. The SMILES string of the molecule is Nc1ccccc1-c1ccc(OCC(=O)O)cc1. The van der Waals surface area contributed by atoms with Gasteiger partial charge in [0.2, 0.25) is 0 Å². The van der Waals surface area contributed by atoms with E-state index in [1.165, 1.54) is 0 Å². The number of anilines is 1. The molecule has 4 heteroatoms. The third kappa shape index (κ3) is 2.79. The van der Waals surface area contributed by atoms with E-state index in [0.29, 0.717) is 11.4 Å². The van der Waals surface area contributed by atoms with Crippen molar-refractivity contribution in [3.63, 3.8) is 0 Å². The average Bonchev–Trinajstić information content (AvgIpc) is 2.38. The van der Waals surface area contributed by atoms with Gasteiger partial charge in [0.1, 0.15) is 5.75 Å². The van der Waals surface area contributed by atoms with E-state index in [9.17, 15) is 4.79 Å². The molecule has 0 bridgehead atoms. The lowest BCUT2D eigenvalue weighted by Gasteiger charge is -2.07. The van der Waals surface area contributed by atoms with Crippen molar-refractivity contribution >= 4 is 11.7 Å². The number of rotatable bonds is 4. The van der Waals surface area contributed by atoms with Gasteiger partial charge in [0.05, 0.1) is 0 Å². The number of hydrogen-bond donors (Lipinski definition) is 2. The maximum atomic E-state index is 10.4. The maximum absolute atomic E-state index is 10.4. The van der Waals surface area contributed by atoms with Crippen LogP contribution in [0.1, 0.15) is 0 Å². The van der Waals surface area contributed by atoms with Crippen LogP contribution in [0.2, 0.25) is 0 Å². The Labute approximate surface area is 105 Å². The van der Waals surface area contributed by atoms with E-state index in [1.54, 1.807) is 12.1 Å². The van der Waals surface area contributed by atoms with E-state index in [2.05, 4.69) is 0 Å². The fourth-order valence-electron chi connectivity index (χ4n) is 1.64. The number of hydrogen-bond acceptors (Lipinski definition) is 3. The van der Waals surface area contributed by atoms with Gasteiger partial charge < -0.3 is 15.6 Å². The highest BCUT2D eigenvalue weighted by molar-refractivity contribution is 5.76. The second-order valence-electron chi connectivity index (χ2n) is 3.79. The molecule has 0 aliphatic rings. The lowest BCUT2D eigenvalue weighted by molar-refractivity contribution is -0.139. The van der Waals surface area contributed by atoms with E-state index in [1.807, 2.05) is 36.4 Å². The molecule has 0 spiro atoms. The van der Waals surface area contributed by atoms with E-state index in [0.717, 1.165) is 11.1 Å². The van der Waals surface area contributed by atoms with Crippen LogP contribution in [0, 0.1) is 0 Å². The minimum absolute atomic E-state index is 0.340. The molecule has 0 atom stereocenters. The summed E-state index contributed by atoms with van der Waals surface area (Å²) in [5.74, 6) is -0.470. The number of nitrogens with two attached hydrogens (primary N) is 1. The summed E-state index contributed by atoms with van der Waals surface area (Å²) in [7, 11) is 0. The van der Waals surface area contributed by atoms with Crippen LogP contribution in [0.25, 0.3) is 11.1 Å². The first-order valence-corrected chi connectivity index (χ1v) is 5.46. The molecule has 3 N–H and O–H groups in total. The third-order valence-electron chi connectivity index (χ3n) is 2.49. The van der Waals surface area contributed by atoms with Crippen molar-refractivity contribution in [2.24, 2.45) is 0 Å². The Bertz CT molecular complexity index is 549. The predicted molar refractivity (Wildman–Crippen MR) is 69.4 cm³/mol. The first-order chi connectivity index (χ1) is 8.66. The molecule has 0 saturated carbocycles. The molecular formula is C14H13NO3. The number of aliphatic carboxylic acids is 1. The number of carbonyl (C=O) groups is 1. The highest BCUT2D eigenvalue weighted by Gasteiger charge is 2.03. The second kappa shape index (κ2) is 5.23. The molecule has 2 rings (SSSR count). The number of ether oxygens (including phenoxy) is 1. The van der Waals surface area contributed by atoms with E-state index in [-0.39, 0.29) is 6.61 Å². The van der Waals surface area contributed by atoms with Gasteiger partial charge in [-0.1, -0.05) is 30.3 Å². The standard InChI is InChI=1S/C14H13NO3/c15-13-4-2-1-3-12(13)10-5-7-11(8-6-10)18-9-14(16)17/h1-8H,9,15H2,(H,16,17). The smallest absolute Gasteiger partial charge is 0.341 e. The summed E-state index contributed by atoms with van der Waals surface area (Å²) in [6, 6.07) is 14.7. The molecule has 2 aromatic rings. The lowest BCUT2D eigenvalue weighted by atomic mass is 10.0. The molecule has 4 nitrogen and oxygen atoms in total. The zero-order valence-corrected chi connectivity index (χ0v) is 9.67. The Morgan fingerprint density at radius 1 is 1.11 bits per heavy atom. The van der Waals surface area contributed by atoms with E-state index in [4.69, 9.17) is 15.6 Å². The van der Waals surface area contributed by atoms with Gasteiger partial charge in [-0.05, 0) is 23.8 Å². The highest BCUT2D eigenvalue weighted by atomic mass is 16.5. The molecule has 0 radical (unpaired) electrons. The number of benzene rings is 2. The van der Waals surface area contributed by atoms with Crippen molar-refractivity contribution in [3.8, 4) is 16.9 Å². The fourth-order valence-corrected chi connectivity index (χ4v) is 1.64. The largest absolute Gasteiger partial charge is 0.482 e. The van der Waals surface area contributed by atoms with Crippen molar-refractivity contribution < 1.29 is 14.6 Å². The number of carboxylic acid groups (broad SMARTS) is 1. The number of nitrogen functional groups attached to an aromatic ring is 1. The van der Waals surface area contributed by atoms with E-state index < -0.39 is 5.97 Å². The molecule has 0 saturated heterocycles. The van der Waals surface area contributed by atoms with Crippen LogP contribution >= 0.6 is 0 Å². The van der Waals surface area contributed by atoms with Gasteiger partial charge in [0.15, 0.2) is 6.61 Å². The number of para-hydroxylation sites is 1. The fraction of sp³-hybridized carbons (Fsp3) is 0.0714. The molecule has 0 heterocycles. The molecule has 0 fully saturated rings. The molecule has 0 amide bonds. The number of carboxylic acids is 1. The summed E-state index contributed by atoms with van der Waals surface area (Å²) in [6.07, 6.45) is 0. The Kier molecular flexibility index (Phi) is 3.48. The third-order valence-corrected chi connectivity index (χ3v) is 2.49. The van der Waals surface area contributed by atoms with Crippen molar-refractivity contribution in [2.75, 3.05) is 12.3 Å². The van der Waals surface area contributed by atoms with Crippen LogP contribution in [0.3, 0.4) is 0 Å². The maximum Gasteiger partial charge on any atom is 0.341 e. The van der Waals surface area contributed by atoms with Gasteiger partial charge in [0, 0.05) is 11.3 Å². The van der Waals surface area contributed by atoms with Crippen LogP contribution in [0.15, 0.2) is 48.5 Å². The summed E-state index contributed by atoms with van der Waals surface area (Å²) in [4.78, 5) is 10.4.